The molecular formula is C19H20FNO5S. The first-order valence-electron chi connectivity index (χ1n) is 8.49. The molecule has 144 valence electrons. The van der Waals surface area contributed by atoms with Gasteiger partial charge in [0.1, 0.15) is 18.5 Å². The highest BCUT2D eigenvalue weighted by Gasteiger charge is 2.32. The number of aryl methyl sites for hydroxylation is 1. The van der Waals surface area contributed by atoms with E-state index in [0.29, 0.717) is 13.0 Å². The minimum absolute atomic E-state index is 0.0607. The lowest BCUT2D eigenvalue weighted by molar-refractivity contribution is 0.104. The van der Waals surface area contributed by atoms with Crippen molar-refractivity contribution < 1.29 is 26.5 Å². The second-order valence-electron chi connectivity index (χ2n) is 6.38. The van der Waals surface area contributed by atoms with E-state index in [-0.39, 0.29) is 23.9 Å². The summed E-state index contributed by atoms with van der Waals surface area (Å²) in [5, 5.41) is 0. The van der Waals surface area contributed by atoms with Gasteiger partial charge < -0.3 is 9.64 Å². The zero-order valence-electron chi connectivity index (χ0n) is 14.8. The van der Waals surface area contributed by atoms with E-state index < -0.39 is 22.3 Å². The number of rotatable bonds is 7. The fraction of sp³-hybridized carbons (Fsp3) is 0.316. The number of hydrogen-bond donors (Lipinski definition) is 0. The third kappa shape index (κ3) is 5.05. The highest BCUT2D eigenvalue weighted by Crippen LogP contribution is 2.17. The van der Waals surface area contributed by atoms with Crippen LogP contribution in [0, 0.1) is 12.7 Å². The van der Waals surface area contributed by atoms with Gasteiger partial charge in [0.25, 0.3) is 10.1 Å². The Hall–Kier alpha value is -2.45. The highest BCUT2D eigenvalue weighted by molar-refractivity contribution is 7.86. The van der Waals surface area contributed by atoms with Gasteiger partial charge in [-0.05, 0) is 43.2 Å². The van der Waals surface area contributed by atoms with E-state index >= 15 is 0 Å². The van der Waals surface area contributed by atoms with Crippen molar-refractivity contribution in [3.05, 3.63) is 65.5 Å². The number of ether oxygens (including phenoxy) is 1. The predicted octanol–water partition coefficient (Wildman–Crippen LogP) is 2.90. The summed E-state index contributed by atoms with van der Waals surface area (Å²) in [5.41, 5.74) is 1.83. The van der Waals surface area contributed by atoms with Crippen LogP contribution in [0.4, 0.5) is 9.18 Å². The van der Waals surface area contributed by atoms with Crippen molar-refractivity contribution in [1.29, 1.82) is 0 Å². The Morgan fingerprint density at radius 1 is 1.15 bits per heavy atom. The van der Waals surface area contributed by atoms with Crippen LogP contribution in [0.1, 0.15) is 11.1 Å². The first kappa shape index (κ1) is 19.3. The molecule has 2 aromatic rings. The number of amides is 1. The number of halogens is 1. The van der Waals surface area contributed by atoms with Gasteiger partial charge in [-0.2, -0.15) is 8.42 Å². The van der Waals surface area contributed by atoms with Crippen LogP contribution in [0.2, 0.25) is 0 Å². The van der Waals surface area contributed by atoms with Crippen molar-refractivity contribution in [2.45, 2.75) is 24.3 Å². The molecule has 1 fully saturated rings. The first-order chi connectivity index (χ1) is 12.8. The minimum Gasteiger partial charge on any atom is -0.442 e. The summed E-state index contributed by atoms with van der Waals surface area (Å²) in [4.78, 5) is 13.5. The minimum atomic E-state index is -3.90. The lowest BCUT2D eigenvalue weighted by Gasteiger charge is -2.13. The molecule has 0 bridgehead atoms. The zero-order valence-corrected chi connectivity index (χ0v) is 15.6. The lowest BCUT2D eigenvalue weighted by Crippen LogP contribution is -2.28. The molecular weight excluding hydrogens is 373 g/mol. The van der Waals surface area contributed by atoms with Crippen molar-refractivity contribution in [2.24, 2.45) is 0 Å². The molecule has 3 rings (SSSR count). The van der Waals surface area contributed by atoms with E-state index in [2.05, 4.69) is 0 Å². The molecule has 27 heavy (non-hydrogen) atoms. The van der Waals surface area contributed by atoms with Gasteiger partial charge in [0.15, 0.2) is 0 Å². The molecule has 1 atom stereocenters. The monoisotopic (exact) mass is 393 g/mol. The molecule has 0 N–H and O–H groups in total. The topological polar surface area (TPSA) is 72.9 Å². The van der Waals surface area contributed by atoms with Gasteiger partial charge in [-0.25, -0.2) is 9.18 Å². The van der Waals surface area contributed by atoms with E-state index in [1.54, 1.807) is 24.3 Å². The quantitative estimate of drug-likeness (QED) is 0.677. The van der Waals surface area contributed by atoms with Gasteiger partial charge >= 0.3 is 6.09 Å². The maximum absolute atomic E-state index is 12.9. The van der Waals surface area contributed by atoms with E-state index in [4.69, 9.17) is 8.92 Å². The van der Waals surface area contributed by atoms with Gasteiger partial charge in [-0.15, -0.1) is 0 Å². The summed E-state index contributed by atoms with van der Waals surface area (Å²) in [7, 11) is -3.90. The summed E-state index contributed by atoms with van der Waals surface area (Å²) in [6.45, 7) is 2.25. The summed E-state index contributed by atoms with van der Waals surface area (Å²) in [6, 6.07) is 12.4. The highest BCUT2D eigenvalue weighted by atomic mass is 32.2. The Morgan fingerprint density at radius 2 is 1.81 bits per heavy atom. The van der Waals surface area contributed by atoms with Crippen LogP contribution in [0.25, 0.3) is 0 Å². The number of carbonyl (C=O) groups is 1. The molecule has 2 aromatic carbocycles. The van der Waals surface area contributed by atoms with Crippen LogP contribution in [-0.4, -0.2) is 45.2 Å². The maximum Gasteiger partial charge on any atom is 0.410 e. The van der Waals surface area contributed by atoms with Crippen molar-refractivity contribution in [2.75, 3.05) is 19.7 Å². The van der Waals surface area contributed by atoms with Crippen LogP contribution in [0.3, 0.4) is 0 Å². The molecule has 8 heteroatoms. The molecule has 1 unspecified atom stereocenters. The van der Waals surface area contributed by atoms with E-state index in [1.807, 2.05) is 6.92 Å². The van der Waals surface area contributed by atoms with E-state index in [9.17, 15) is 17.6 Å². The molecule has 1 saturated heterocycles. The van der Waals surface area contributed by atoms with Gasteiger partial charge in [0.05, 0.1) is 11.4 Å². The van der Waals surface area contributed by atoms with Crippen LogP contribution < -0.4 is 0 Å². The number of hydrogen-bond acceptors (Lipinski definition) is 5. The third-order valence-electron chi connectivity index (χ3n) is 4.25. The Bertz CT molecular complexity index is 897. The average molecular weight is 393 g/mol. The molecule has 1 heterocycles. The van der Waals surface area contributed by atoms with Gasteiger partial charge in [0.2, 0.25) is 0 Å². The van der Waals surface area contributed by atoms with Crippen LogP contribution in [0.15, 0.2) is 53.4 Å². The number of carbonyl (C=O) groups excluding carboxylic acids is 1. The summed E-state index contributed by atoms with van der Waals surface area (Å²) in [5.74, 6) is -0.314. The van der Waals surface area contributed by atoms with Crippen LogP contribution >= 0.6 is 0 Å². The molecule has 1 aliphatic heterocycles. The van der Waals surface area contributed by atoms with Crippen molar-refractivity contribution in [3.63, 3.8) is 0 Å². The molecule has 0 aliphatic carbocycles. The molecule has 1 amide bonds. The fourth-order valence-electron chi connectivity index (χ4n) is 2.70. The Morgan fingerprint density at radius 3 is 2.48 bits per heavy atom. The number of benzene rings is 2. The zero-order chi connectivity index (χ0) is 19.4. The van der Waals surface area contributed by atoms with Gasteiger partial charge in [0, 0.05) is 6.54 Å². The summed E-state index contributed by atoms with van der Waals surface area (Å²) >= 11 is 0. The molecule has 0 spiro atoms. The van der Waals surface area contributed by atoms with Gasteiger partial charge in [-0.1, -0.05) is 29.8 Å². The molecule has 0 saturated carbocycles. The van der Waals surface area contributed by atoms with Crippen molar-refractivity contribution in [1.82, 2.24) is 4.90 Å². The summed E-state index contributed by atoms with van der Waals surface area (Å²) in [6.07, 6.45) is -0.630. The summed E-state index contributed by atoms with van der Waals surface area (Å²) < 4.78 is 47.5. The Kier molecular flexibility index (Phi) is 5.76. The van der Waals surface area contributed by atoms with Crippen LogP contribution in [0.5, 0.6) is 0 Å². The standard InChI is InChI=1S/C19H20FNO5S/c1-14-2-8-18(9-3-14)27(23,24)25-13-17-12-21(19(22)26-17)11-10-15-4-6-16(20)7-5-15/h2-9,17H,10-13H2,1H3. The SMILES string of the molecule is Cc1ccc(S(=O)(=O)OCC2CN(CCc3ccc(F)cc3)C(=O)O2)cc1. The van der Waals surface area contributed by atoms with Gasteiger partial charge in [-0.3, -0.25) is 4.18 Å². The van der Waals surface area contributed by atoms with E-state index in [1.165, 1.54) is 29.2 Å². The van der Waals surface area contributed by atoms with E-state index in [0.717, 1.165) is 11.1 Å². The molecule has 0 aromatic heterocycles. The molecule has 1 aliphatic rings. The normalized spacial score (nSPS) is 17.2. The Balaban J connectivity index is 1.51. The fourth-order valence-corrected chi connectivity index (χ4v) is 3.63. The second-order valence-corrected chi connectivity index (χ2v) is 8.00. The lowest BCUT2D eigenvalue weighted by atomic mass is 10.1. The third-order valence-corrected chi connectivity index (χ3v) is 5.55. The molecule has 6 nitrogen and oxygen atoms in total. The number of nitrogens with zero attached hydrogens (tertiary/aromatic N) is 1. The predicted molar refractivity (Wildman–Crippen MR) is 96.3 cm³/mol. The van der Waals surface area contributed by atoms with Crippen molar-refractivity contribution >= 4 is 16.2 Å². The number of cyclic esters (lactones) is 1. The molecule has 0 radical (unpaired) electrons. The largest absolute Gasteiger partial charge is 0.442 e. The average Bonchev–Trinajstić information content (AvgIpc) is 3.00. The van der Waals surface area contributed by atoms with Crippen molar-refractivity contribution in [3.8, 4) is 0 Å². The second kappa shape index (κ2) is 8.06. The smallest absolute Gasteiger partial charge is 0.410 e. The Labute approximate surface area is 157 Å². The maximum atomic E-state index is 12.9. The van der Waals surface area contributed by atoms with Crippen LogP contribution in [-0.2, 0) is 25.5 Å². The first-order valence-corrected chi connectivity index (χ1v) is 9.90.